The first kappa shape index (κ1) is 20.5. The number of ether oxygens (including phenoxy) is 2. The van der Waals surface area contributed by atoms with Crippen LogP contribution >= 0.6 is 0 Å². The predicted molar refractivity (Wildman–Crippen MR) is 109 cm³/mol. The maximum absolute atomic E-state index is 13.2. The number of nitrogens with zero attached hydrogens (tertiary/aromatic N) is 2. The van der Waals surface area contributed by atoms with E-state index >= 15 is 0 Å². The van der Waals surface area contributed by atoms with E-state index < -0.39 is 17.5 Å². The predicted octanol–water partition coefficient (Wildman–Crippen LogP) is 2.41. The van der Waals surface area contributed by atoms with Crippen molar-refractivity contribution in [3.63, 3.8) is 0 Å². The zero-order valence-corrected chi connectivity index (χ0v) is 17.6. The van der Waals surface area contributed by atoms with Gasteiger partial charge in [-0.3, -0.25) is 14.5 Å². The number of carbonyl (C=O) groups is 3. The highest BCUT2D eigenvalue weighted by atomic mass is 16.6. The molecule has 1 aromatic rings. The Morgan fingerprint density at radius 3 is 2.57 bits per heavy atom. The van der Waals surface area contributed by atoms with Gasteiger partial charge in [0.1, 0.15) is 25.3 Å². The summed E-state index contributed by atoms with van der Waals surface area (Å²) in [4.78, 5) is 41.7. The number of urea groups is 1. The molecule has 0 unspecified atom stereocenters. The maximum atomic E-state index is 13.2. The summed E-state index contributed by atoms with van der Waals surface area (Å²) in [7, 11) is 0. The van der Waals surface area contributed by atoms with Crippen LogP contribution in [0.1, 0.15) is 51.5 Å². The van der Waals surface area contributed by atoms with Gasteiger partial charge < -0.3 is 19.7 Å². The van der Waals surface area contributed by atoms with E-state index in [0.29, 0.717) is 36.8 Å². The molecule has 1 N–H and O–H groups in total. The van der Waals surface area contributed by atoms with Crippen molar-refractivity contribution >= 4 is 17.8 Å². The number of likely N-dealkylation sites (N-methyl/N-ethyl adjacent to an activating group) is 1. The van der Waals surface area contributed by atoms with E-state index in [1.807, 2.05) is 11.8 Å². The lowest BCUT2D eigenvalue weighted by atomic mass is 9.91. The molecule has 0 bridgehead atoms. The SMILES string of the molecule is CCN(C(=O)CN1C(=O)N[C@](C)(c2ccc3c(c2)OCCO3)C1=O)C1CCCCC1. The van der Waals surface area contributed by atoms with Gasteiger partial charge in [0.2, 0.25) is 5.91 Å². The fourth-order valence-corrected chi connectivity index (χ4v) is 4.65. The monoisotopic (exact) mass is 415 g/mol. The summed E-state index contributed by atoms with van der Waals surface area (Å²) in [6.07, 6.45) is 5.38. The van der Waals surface area contributed by atoms with Crippen molar-refractivity contribution in [2.24, 2.45) is 0 Å². The second-order valence-electron chi connectivity index (χ2n) is 8.28. The fourth-order valence-electron chi connectivity index (χ4n) is 4.65. The highest BCUT2D eigenvalue weighted by Gasteiger charge is 2.50. The lowest BCUT2D eigenvalue weighted by Crippen LogP contribution is -2.48. The summed E-state index contributed by atoms with van der Waals surface area (Å²) < 4.78 is 11.1. The topological polar surface area (TPSA) is 88.2 Å². The second kappa shape index (κ2) is 8.16. The van der Waals surface area contributed by atoms with Crippen LogP contribution in [0.15, 0.2) is 18.2 Å². The molecule has 1 saturated carbocycles. The first-order chi connectivity index (χ1) is 14.4. The summed E-state index contributed by atoms with van der Waals surface area (Å²) in [5, 5.41) is 2.77. The molecule has 2 heterocycles. The van der Waals surface area contributed by atoms with Crippen LogP contribution in [0.25, 0.3) is 0 Å². The first-order valence-corrected chi connectivity index (χ1v) is 10.8. The van der Waals surface area contributed by atoms with Gasteiger partial charge in [0, 0.05) is 12.6 Å². The number of hydrogen-bond donors (Lipinski definition) is 1. The van der Waals surface area contributed by atoms with Gasteiger partial charge in [0.05, 0.1) is 0 Å². The van der Waals surface area contributed by atoms with Crippen molar-refractivity contribution in [2.45, 2.75) is 57.5 Å². The summed E-state index contributed by atoms with van der Waals surface area (Å²) in [6, 6.07) is 4.85. The number of rotatable bonds is 5. The zero-order valence-electron chi connectivity index (χ0n) is 17.6. The van der Waals surface area contributed by atoms with Crippen molar-refractivity contribution < 1.29 is 23.9 Å². The van der Waals surface area contributed by atoms with Crippen LogP contribution in [-0.4, -0.2) is 60.0 Å². The third-order valence-electron chi connectivity index (χ3n) is 6.36. The van der Waals surface area contributed by atoms with E-state index in [2.05, 4.69) is 5.32 Å². The largest absolute Gasteiger partial charge is 0.486 e. The molecule has 1 atom stereocenters. The Kier molecular flexibility index (Phi) is 5.58. The van der Waals surface area contributed by atoms with E-state index in [1.165, 1.54) is 6.42 Å². The Morgan fingerprint density at radius 1 is 1.17 bits per heavy atom. The number of hydrogen-bond acceptors (Lipinski definition) is 5. The molecule has 1 aliphatic carbocycles. The first-order valence-electron chi connectivity index (χ1n) is 10.8. The van der Waals surface area contributed by atoms with E-state index in [1.54, 1.807) is 25.1 Å². The lowest BCUT2D eigenvalue weighted by Gasteiger charge is -2.34. The summed E-state index contributed by atoms with van der Waals surface area (Å²) >= 11 is 0. The van der Waals surface area contributed by atoms with E-state index in [4.69, 9.17) is 9.47 Å². The van der Waals surface area contributed by atoms with Gasteiger partial charge in [-0.15, -0.1) is 0 Å². The van der Waals surface area contributed by atoms with Gasteiger partial charge in [0.25, 0.3) is 5.91 Å². The molecule has 3 aliphatic rings. The fraction of sp³-hybridized carbons (Fsp3) is 0.591. The molecule has 0 aromatic heterocycles. The molecule has 0 radical (unpaired) electrons. The Balaban J connectivity index is 1.51. The standard InChI is InChI=1S/C22H29N3O5/c1-3-24(16-7-5-4-6-8-16)19(26)14-25-20(27)22(2,23-21(25)28)15-9-10-17-18(13-15)30-12-11-29-17/h9-10,13,16H,3-8,11-12,14H2,1-2H3,(H,23,28)/t22-/m1/s1. The van der Waals surface area contributed by atoms with Crippen molar-refractivity contribution in [3.05, 3.63) is 23.8 Å². The molecule has 2 fully saturated rings. The normalized spacial score (nSPS) is 24.0. The number of nitrogens with one attached hydrogen (secondary N) is 1. The minimum atomic E-state index is -1.25. The lowest BCUT2D eigenvalue weighted by molar-refractivity contribution is -0.140. The number of amides is 4. The summed E-state index contributed by atoms with van der Waals surface area (Å²) in [5.74, 6) is 0.547. The van der Waals surface area contributed by atoms with Gasteiger partial charge in [-0.2, -0.15) is 0 Å². The van der Waals surface area contributed by atoms with Crippen LogP contribution in [-0.2, 0) is 15.1 Å². The average Bonchev–Trinajstić information content (AvgIpc) is 2.98. The van der Waals surface area contributed by atoms with Gasteiger partial charge in [-0.25, -0.2) is 4.79 Å². The Labute approximate surface area is 176 Å². The minimum absolute atomic E-state index is 0.181. The number of carbonyl (C=O) groups excluding carboxylic acids is 3. The molecule has 4 rings (SSSR count). The molecular weight excluding hydrogens is 386 g/mol. The molecule has 162 valence electrons. The zero-order chi connectivity index (χ0) is 21.3. The third-order valence-corrected chi connectivity index (χ3v) is 6.36. The Bertz CT molecular complexity index is 851. The van der Waals surface area contributed by atoms with Crippen LogP contribution in [0.4, 0.5) is 4.79 Å². The molecule has 0 spiro atoms. The molecule has 1 aromatic carbocycles. The highest BCUT2D eigenvalue weighted by Crippen LogP contribution is 2.37. The molecule has 30 heavy (non-hydrogen) atoms. The third kappa shape index (κ3) is 3.59. The molecule has 2 aliphatic heterocycles. The van der Waals surface area contributed by atoms with Crippen molar-refractivity contribution in [2.75, 3.05) is 26.3 Å². The van der Waals surface area contributed by atoms with Gasteiger partial charge >= 0.3 is 6.03 Å². The van der Waals surface area contributed by atoms with Gasteiger partial charge in [0.15, 0.2) is 11.5 Å². The van der Waals surface area contributed by atoms with Crippen molar-refractivity contribution in [3.8, 4) is 11.5 Å². The van der Waals surface area contributed by atoms with E-state index in [9.17, 15) is 14.4 Å². The Morgan fingerprint density at radius 2 is 1.87 bits per heavy atom. The van der Waals surface area contributed by atoms with Crippen molar-refractivity contribution in [1.82, 2.24) is 15.1 Å². The van der Waals surface area contributed by atoms with Crippen LogP contribution in [0.5, 0.6) is 11.5 Å². The summed E-state index contributed by atoms with van der Waals surface area (Å²) in [6.45, 7) is 4.84. The van der Waals surface area contributed by atoms with E-state index in [-0.39, 0.29) is 18.5 Å². The minimum Gasteiger partial charge on any atom is -0.486 e. The van der Waals surface area contributed by atoms with Crippen LogP contribution < -0.4 is 14.8 Å². The quantitative estimate of drug-likeness (QED) is 0.746. The molecular formula is C22H29N3O5. The van der Waals surface area contributed by atoms with E-state index in [0.717, 1.165) is 30.6 Å². The average molecular weight is 415 g/mol. The molecule has 1 saturated heterocycles. The molecule has 8 heteroatoms. The molecule has 4 amide bonds. The number of benzene rings is 1. The Hall–Kier alpha value is -2.77. The van der Waals surface area contributed by atoms with Gasteiger partial charge in [-0.1, -0.05) is 25.3 Å². The van der Waals surface area contributed by atoms with Gasteiger partial charge in [-0.05, 0) is 44.4 Å². The van der Waals surface area contributed by atoms with Crippen molar-refractivity contribution in [1.29, 1.82) is 0 Å². The van der Waals surface area contributed by atoms with Crippen LogP contribution in [0.3, 0.4) is 0 Å². The summed E-state index contributed by atoms with van der Waals surface area (Å²) in [5.41, 5.74) is -0.658. The molecule has 8 nitrogen and oxygen atoms in total. The van der Waals surface area contributed by atoms with Crippen LogP contribution in [0.2, 0.25) is 0 Å². The second-order valence-corrected chi connectivity index (χ2v) is 8.28. The highest BCUT2D eigenvalue weighted by molar-refractivity contribution is 6.09. The van der Waals surface area contributed by atoms with Crippen LogP contribution in [0, 0.1) is 0 Å². The maximum Gasteiger partial charge on any atom is 0.325 e. The number of fused-ring (bicyclic) bond motifs is 1. The smallest absolute Gasteiger partial charge is 0.325 e. The number of imide groups is 1.